The van der Waals surface area contributed by atoms with Gasteiger partial charge >= 0.3 is 5.97 Å². The number of carboxylic acids is 1. The molecule has 0 spiro atoms. The van der Waals surface area contributed by atoms with Crippen LogP contribution in [0.2, 0.25) is 0 Å². The third kappa shape index (κ3) is 7.14. The quantitative estimate of drug-likeness (QED) is 0.565. The molecule has 7 nitrogen and oxygen atoms in total. The molecule has 122 valence electrons. The van der Waals surface area contributed by atoms with Crippen molar-refractivity contribution in [3.8, 4) is 0 Å². The topological polar surface area (TPSA) is 110 Å². The van der Waals surface area contributed by atoms with Crippen molar-refractivity contribution in [2.45, 2.75) is 30.6 Å². The molecule has 0 aromatic rings. The normalized spacial score (nSPS) is 21.9. The van der Waals surface area contributed by atoms with Crippen molar-refractivity contribution < 1.29 is 27.9 Å². The van der Waals surface area contributed by atoms with Gasteiger partial charge in [-0.25, -0.2) is 13.2 Å². The molecule has 2 N–H and O–H groups in total. The van der Waals surface area contributed by atoms with E-state index >= 15 is 0 Å². The van der Waals surface area contributed by atoms with Gasteiger partial charge in [-0.15, -0.1) is 11.8 Å². The highest BCUT2D eigenvalue weighted by atomic mass is 32.2. The number of sulfone groups is 1. The van der Waals surface area contributed by atoms with Crippen LogP contribution in [0.1, 0.15) is 19.3 Å². The first-order valence-corrected chi connectivity index (χ1v) is 9.54. The highest BCUT2D eigenvalue weighted by Gasteiger charge is 2.29. The standard InChI is InChI=1S/C12H21NO6S2/c1-19-5-2-3-10(12(15)16)13-11(14)7-20-9-4-6-21(17,18)8-9/h9-10H,2-8H2,1H3,(H,13,14)(H,15,16). The van der Waals surface area contributed by atoms with E-state index in [1.54, 1.807) is 0 Å². The lowest BCUT2D eigenvalue weighted by atomic mass is 10.1. The van der Waals surface area contributed by atoms with Crippen LogP contribution in [0.5, 0.6) is 0 Å². The van der Waals surface area contributed by atoms with Gasteiger partial charge in [0.2, 0.25) is 5.91 Å². The first kappa shape index (κ1) is 18.2. The second-order valence-corrected chi connectivity index (χ2v) is 8.45. The number of thioether (sulfide) groups is 1. The van der Waals surface area contributed by atoms with E-state index in [0.717, 1.165) is 0 Å². The summed E-state index contributed by atoms with van der Waals surface area (Å²) < 4.78 is 27.4. The molecule has 0 radical (unpaired) electrons. The third-order valence-electron chi connectivity index (χ3n) is 3.12. The molecule has 2 unspecified atom stereocenters. The van der Waals surface area contributed by atoms with Crippen LogP contribution in [0.4, 0.5) is 0 Å². The summed E-state index contributed by atoms with van der Waals surface area (Å²) in [6.45, 7) is 0.439. The molecule has 1 amide bonds. The molecule has 0 aliphatic carbocycles. The number of methoxy groups -OCH3 is 1. The largest absolute Gasteiger partial charge is 0.480 e. The van der Waals surface area contributed by atoms with Crippen molar-refractivity contribution in [3.05, 3.63) is 0 Å². The summed E-state index contributed by atoms with van der Waals surface area (Å²) in [6, 6.07) is -0.930. The zero-order valence-electron chi connectivity index (χ0n) is 11.9. The first-order chi connectivity index (χ1) is 9.84. The zero-order chi connectivity index (χ0) is 15.9. The second-order valence-electron chi connectivity index (χ2n) is 4.93. The Balaban J connectivity index is 2.31. The molecule has 0 aromatic heterocycles. The number of carbonyl (C=O) groups is 2. The number of aliphatic carboxylic acids is 1. The number of hydrogen-bond donors (Lipinski definition) is 2. The molecule has 1 heterocycles. The minimum atomic E-state index is -2.96. The predicted octanol–water partition coefficient (Wildman–Crippen LogP) is -0.0973. The van der Waals surface area contributed by atoms with Gasteiger partial charge in [-0.3, -0.25) is 4.79 Å². The Morgan fingerprint density at radius 2 is 2.19 bits per heavy atom. The molecule has 1 saturated heterocycles. The van der Waals surface area contributed by atoms with Crippen molar-refractivity contribution >= 4 is 33.5 Å². The first-order valence-electron chi connectivity index (χ1n) is 6.67. The zero-order valence-corrected chi connectivity index (χ0v) is 13.5. The maximum atomic E-state index is 11.7. The fourth-order valence-electron chi connectivity index (χ4n) is 2.01. The van der Waals surface area contributed by atoms with Crippen LogP contribution >= 0.6 is 11.8 Å². The van der Waals surface area contributed by atoms with E-state index in [1.807, 2.05) is 0 Å². The molecule has 21 heavy (non-hydrogen) atoms. The number of nitrogens with one attached hydrogen (secondary N) is 1. The van der Waals surface area contributed by atoms with Crippen LogP contribution in [0, 0.1) is 0 Å². The van der Waals surface area contributed by atoms with Crippen molar-refractivity contribution in [3.63, 3.8) is 0 Å². The van der Waals surface area contributed by atoms with E-state index in [0.29, 0.717) is 25.9 Å². The van der Waals surface area contributed by atoms with Gasteiger partial charge in [-0.1, -0.05) is 0 Å². The van der Waals surface area contributed by atoms with Gasteiger partial charge in [-0.05, 0) is 19.3 Å². The summed E-state index contributed by atoms with van der Waals surface area (Å²) >= 11 is 1.27. The minimum absolute atomic E-state index is 0.0717. The summed E-state index contributed by atoms with van der Waals surface area (Å²) in [5.41, 5.74) is 0. The van der Waals surface area contributed by atoms with E-state index in [4.69, 9.17) is 9.84 Å². The average molecular weight is 339 g/mol. The molecule has 2 atom stereocenters. The molecule has 1 fully saturated rings. The van der Waals surface area contributed by atoms with Crippen molar-refractivity contribution in [2.24, 2.45) is 0 Å². The fraction of sp³-hybridized carbons (Fsp3) is 0.833. The maximum Gasteiger partial charge on any atom is 0.326 e. The molecular weight excluding hydrogens is 318 g/mol. The van der Waals surface area contributed by atoms with Gasteiger partial charge in [0, 0.05) is 19.0 Å². The lowest BCUT2D eigenvalue weighted by Crippen LogP contribution is -2.42. The molecule has 0 bridgehead atoms. The number of carboxylic acid groups (broad SMARTS) is 1. The van der Waals surface area contributed by atoms with Crippen LogP contribution in [-0.4, -0.2) is 67.7 Å². The van der Waals surface area contributed by atoms with E-state index in [9.17, 15) is 18.0 Å². The Bertz CT molecular complexity index is 464. The van der Waals surface area contributed by atoms with Gasteiger partial charge in [0.25, 0.3) is 0 Å². The molecule has 1 rings (SSSR count). The number of amides is 1. The van der Waals surface area contributed by atoms with Gasteiger partial charge in [0.05, 0.1) is 17.3 Å². The summed E-state index contributed by atoms with van der Waals surface area (Å²) in [5.74, 6) is -1.11. The highest BCUT2D eigenvalue weighted by molar-refractivity contribution is 8.02. The van der Waals surface area contributed by atoms with E-state index in [1.165, 1.54) is 18.9 Å². The van der Waals surface area contributed by atoms with Crippen LogP contribution in [0.25, 0.3) is 0 Å². The third-order valence-corrected chi connectivity index (χ3v) is 6.40. The highest BCUT2D eigenvalue weighted by Crippen LogP contribution is 2.24. The Morgan fingerprint density at radius 3 is 2.71 bits per heavy atom. The van der Waals surface area contributed by atoms with Crippen LogP contribution in [0.3, 0.4) is 0 Å². The summed E-state index contributed by atoms with van der Waals surface area (Å²) in [6.07, 6.45) is 1.40. The SMILES string of the molecule is COCCCC(NC(=O)CSC1CCS(=O)(=O)C1)C(=O)O. The van der Waals surface area contributed by atoms with Crippen LogP contribution in [-0.2, 0) is 24.2 Å². The second kappa shape index (κ2) is 8.60. The summed E-state index contributed by atoms with van der Waals surface area (Å²) in [7, 11) is -1.43. The van der Waals surface area contributed by atoms with Gasteiger partial charge in [0.1, 0.15) is 6.04 Å². The van der Waals surface area contributed by atoms with Crippen molar-refractivity contribution in [1.82, 2.24) is 5.32 Å². The fourth-order valence-corrected chi connectivity index (χ4v) is 5.47. The maximum absolute atomic E-state index is 11.7. The van der Waals surface area contributed by atoms with Crippen LogP contribution in [0.15, 0.2) is 0 Å². The lowest BCUT2D eigenvalue weighted by Gasteiger charge is -2.15. The number of rotatable bonds is 9. The summed E-state index contributed by atoms with van der Waals surface area (Å²) in [5, 5.41) is 11.4. The smallest absolute Gasteiger partial charge is 0.326 e. The Morgan fingerprint density at radius 1 is 1.48 bits per heavy atom. The van der Waals surface area contributed by atoms with Crippen molar-refractivity contribution in [2.75, 3.05) is 31.0 Å². The number of ether oxygens (including phenoxy) is 1. The molecule has 1 aliphatic heterocycles. The van der Waals surface area contributed by atoms with E-state index in [-0.39, 0.29) is 28.4 Å². The summed E-state index contributed by atoms with van der Waals surface area (Å²) in [4.78, 5) is 22.8. The van der Waals surface area contributed by atoms with Gasteiger partial charge < -0.3 is 15.2 Å². The lowest BCUT2D eigenvalue weighted by molar-refractivity contribution is -0.141. The molecule has 0 aromatic carbocycles. The van der Waals surface area contributed by atoms with Crippen LogP contribution < -0.4 is 5.32 Å². The predicted molar refractivity (Wildman–Crippen MR) is 80.2 cm³/mol. The Hall–Kier alpha value is -0.800. The molecule has 0 saturated carbocycles. The number of hydrogen-bond acceptors (Lipinski definition) is 6. The van der Waals surface area contributed by atoms with E-state index < -0.39 is 21.8 Å². The Kier molecular flexibility index (Phi) is 7.47. The van der Waals surface area contributed by atoms with Gasteiger partial charge in [-0.2, -0.15) is 0 Å². The molecular formula is C12H21NO6S2. The Labute approximate surface area is 128 Å². The van der Waals surface area contributed by atoms with E-state index in [2.05, 4.69) is 5.32 Å². The number of carbonyl (C=O) groups excluding carboxylic acids is 1. The molecule has 1 aliphatic rings. The average Bonchev–Trinajstić information content (AvgIpc) is 2.75. The van der Waals surface area contributed by atoms with Crippen molar-refractivity contribution in [1.29, 1.82) is 0 Å². The van der Waals surface area contributed by atoms with Gasteiger partial charge in [0.15, 0.2) is 9.84 Å². The minimum Gasteiger partial charge on any atom is -0.480 e. The molecule has 9 heteroatoms. The monoisotopic (exact) mass is 339 g/mol.